The zero-order valence-corrected chi connectivity index (χ0v) is 11.9. The summed E-state index contributed by atoms with van der Waals surface area (Å²) in [5, 5.41) is 7.98. The third-order valence-corrected chi connectivity index (χ3v) is 2.85. The number of rotatable bonds is 3. The fourth-order valence-corrected chi connectivity index (χ4v) is 1.70. The maximum atomic E-state index is 4.60. The lowest BCUT2D eigenvalue weighted by Crippen LogP contribution is -2.22. The van der Waals surface area contributed by atoms with Gasteiger partial charge < -0.3 is 5.32 Å². The van der Waals surface area contributed by atoms with Crippen LogP contribution in [0.25, 0.3) is 5.65 Å². The van der Waals surface area contributed by atoms with Crippen molar-refractivity contribution in [2.24, 2.45) is 0 Å². The standard InChI is InChI=1S/C14H22N4/c1-10(2)15-7-11-8-16-13-6-12(14(3,4)5)17-18(13)9-11/h6,8-10,15H,7H2,1-5H3. The van der Waals surface area contributed by atoms with Gasteiger partial charge in [-0.25, -0.2) is 9.50 Å². The molecule has 0 aliphatic carbocycles. The topological polar surface area (TPSA) is 42.2 Å². The molecule has 0 aliphatic heterocycles. The molecule has 0 fully saturated rings. The summed E-state index contributed by atoms with van der Waals surface area (Å²) in [5.74, 6) is 0. The number of fused-ring (bicyclic) bond motifs is 1. The highest BCUT2D eigenvalue weighted by atomic mass is 15.2. The normalized spacial score (nSPS) is 12.6. The molecule has 0 aliphatic rings. The Hall–Kier alpha value is -1.42. The first-order valence-corrected chi connectivity index (χ1v) is 6.44. The average molecular weight is 246 g/mol. The fourth-order valence-electron chi connectivity index (χ4n) is 1.70. The van der Waals surface area contributed by atoms with Gasteiger partial charge in [0.2, 0.25) is 0 Å². The summed E-state index contributed by atoms with van der Waals surface area (Å²) in [5.41, 5.74) is 3.20. The van der Waals surface area contributed by atoms with Gasteiger partial charge in [-0.15, -0.1) is 0 Å². The average Bonchev–Trinajstić information content (AvgIpc) is 2.68. The monoisotopic (exact) mass is 246 g/mol. The number of nitrogens with zero attached hydrogens (tertiary/aromatic N) is 3. The lowest BCUT2D eigenvalue weighted by atomic mass is 9.93. The molecule has 0 radical (unpaired) electrons. The molecule has 18 heavy (non-hydrogen) atoms. The lowest BCUT2D eigenvalue weighted by molar-refractivity contribution is 0.561. The van der Waals surface area contributed by atoms with E-state index in [1.54, 1.807) is 0 Å². The Morgan fingerprint density at radius 1 is 1.33 bits per heavy atom. The molecule has 0 unspecified atom stereocenters. The number of aromatic nitrogens is 3. The van der Waals surface area contributed by atoms with E-state index < -0.39 is 0 Å². The Morgan fingerprint density at radius 3 is 2.67 bits per heavy atom. The van der Waals surface area contributed by atoms with Crippen LogP contribution in [0.5, 0.6) is 0 Å². The van der Waals surface area contributed by atoms with Crippen LogP contribution < -0.4 is 5.32 Å². The van der Waals surface area contributed by atoms with E-state index in [1.807, 2.05) is 16.9 Å². The third-order valence-electron chi connectivity index (χ3n) is 2.85. The van der Waals surface area contributed by atoms with E-state index in [0.29, 0.717) is 6.04 Å². The number of hydrogen-bond acceptors (Lipinski definition) is 3. The van der Waals surface area contributed by atoms with Crippen molar-refractivity contribution < 1.29 is 0 Å². The summed E-state index contributed by atoms with van der Waals surface area (Å²) in [7, 11) is 0. The van der Waals surface area contributed by atoms with Crippen LogP contribution in [0.1, 0.15) is 45.9 Å². The molecule has 98 valence electrons. The molecule has 4 heteroatoms. The molecule has 2 aromatic rings. The summed E-state index contributed by atoms with van der Waals surface area (Å²) in [6.07, 6.45) is 3.96. The Kier molecular flexibility index (Phi) is 3.39. The minimum absolute atomic E-state index is 0.0596. The zero-order chi connectivity index (χ0) is 13.3. The summed E-state index contributed by atoms with van der Waals surface area (Å²) in [6.45, 7) is 11.6. The molecule has 4 nitrogen and oxygen atoms in total. The molecule has 0 amide bonds. The Labute approximate surface area is 108 Å². The van der Waals surface area contributed by atoms with Gasteiger partial charge in [0, 0.05) is 42.0 Å². The molecule has 2 rings (SSSR count). The van der Waals surface area contributed by atoms with Crippen LogP contribution in [-0.4, -0.2) is 20.6 Å². The minimum atomic E-state index is 0.0596. The van der Waals surface area contributed by atoms with Crippen LogP contribution in [0.4, 0.5) is 0 Å². The highest BCUT2D eigenvalue weighted by Gasteiger charge is 2.18. The van der Waals surface area contributed by atoms with Crippen LogP contribution in [0.3, 0.4) is 0 Å². The van der Waals surface area contributed by atoms with E-state index >= 15 is 0 Å². The Morgan fingerprint density at radius 2 is 2.06 bits per heavy atom. The molecule has 2 heterocycles. The van der Waals surface area contributed by atoms with E-state index in [2.05, 4.69) is 56.1 Å². The first kappa shape index (κ1) is 13.0. The van der Waals surface area contributed by atoms with Gasteiger partial charge in [0.05, 0.1) is 5.69 Å². The molecule has 0 bridgehead atoms. The first-order valence-electron chi connectivity index (χ1n) is 6.44. The van der Waals surface area contributed by atoms with Gasteiger partial charge in [0.1, 0.15) is 0 Å². The molecule has 0 saturated carbocycles. The van der Waals surface area contributed by atoms with Crippen LogP contribution >= 0.6 is 0 Å². The van der Waals surface area contributed by atoms with Crippen LogP contribution in [0.15, 0.2) is 18.5 Å². The van der Waals surface area contributed by atoms with Crippen molar-refractivity contribution in [1.29, 1.82) is 0 Å². The van der Waals surface area contributed by atoms with Crippen molar-refractivity contribution in [2.45, 2.75) is 52.6 Å². The van der Waals surface area contributed by atoms with Crippen molar-refractivity contribution in [3.8, 4) is 0 Å². The van der Waals surface area contributed by atoms with Crippen molar-refractivity contribution in [3.05, 3.63) is 29.7 Å². The largest absolute Gasteiger partial charge is 0.310 e. The predicted molar refractivity (Wildman–Crippen MR) is 73.7 cm³/mol. The summed E-state index contributed by atoms with van der Waals surface area (Å²) < 4.78 is 1.87. The number of nitrogens with one attached hydrogen (secondary N) is 1. The highest BCUT2D eigenvalue weighted by molar-refractivity contribution is 5.41. The first-order chi connectivity index (χ1) is 8.36. The van der Waals surface area contributed by atoms with Crippen LogP contribution in [-0.2, 0) is 12.0 Å². The minimum Gasteiger partial charge on any atom is -0.310 e. The van der Waals surface area contributed by atoms with Gasteiger partial charge in [0.15, 0.2) is 5.65 Å². The summed E-state index contributed by atoms with van der Waals surface area (Å²) >= 11 is 0. The SMILES string of the molecule is CC(C)NCc1cnc2cc(C(C)(C)C)nn2c1. The quantitative estimate of drug-likeness (QED) is 0.905. The Balaban J connectivity index is 2.28. The van der Waals surface area contributed by atoms with Gasteiger partial charge in [0.25, 0.3) is 0 Å². The van der Waals surface area contributed by atoms with Gasteiger partial charge in [-0.2, -0.15) is 5.10 Å². The van der Waals surface area contributed by atoms with E-state index in [9.17, 15) is 0 Å². The third kappa shape index (κ3) is 2.88. The Bertz CT molecular complexity index is 534. The molecule has 0 spiro atoms. The maximum absolute atomic E-state index is 4.60. The van der Waals surface area contributed by atoms with Gasteiger partial charge >= 0.3 is 0 Å². The molecule has 2 aromatic heterocycles. The predicted octanol–water partition coefficient (Wildman–Crippen LogP) is 2.52. The molecular formula is C14H22N4. The number of hydrogen-bond donors (Lipinski definition) is 1. The summed E-state index contributed by atoms with van der Waals surface area (Å²) in [6, 6.07) is 2.53. The van der Waals surface area contributed by atoms with Crippen LogP contribution in [0, 0.1) is 0 Å². The van der Waals surface area contributed by atoms with Crippen molar-refractivity contribution in [2.75, 3.05) is 0 Å². The molecule has 0 aromatic carbocycles. The van der Waals surface area contributed by atoms with Gasteiger partial charge in [-0.1, -0.05) is 34.6 Å². The fraction of sp³-hybridized carbons (Fsp3) is 0.571. The smallest absolute Gasteiger partial charge is 0.155 e. The molecule has 0 atom stereocenters. The van der Waals surface area contributed by atoms with Crippen molar-refractivity contribution >= 4 is 5.65 Å². The van der Waals surface area contributed by atoms with Crippen LogP contribution in [0.2, 0.25) is 0 Å². The molecule has 0 saturated heterocycles. The highest BCUT2D eigenvalue weighted by Crippen LogP contribution is 2.21. The van der Waals surface area contributed by atoms with Crippen molar-refractivity contribution in [3.63, 3.8) is 0 Å². The van der Waals surface area contributed by atoms with Gasteiger partial charge in [-0.05, 0) is 0 Å². The second kappa shape index (κ2) is 4.69. The second-order valence-electron chi connectivity index (χ2n) is 6.08. The summed E-state index contributed by atoms with van der Waals surface area (Å²) in [4.78, 5) is 4.45. The van der Waals surface area contributed by atoms with E-state index in [0.717, 1.165) is 23.4 Å². The molecular weight excluding hydrogens is 224 g/mol. The maximum Gasteiger partial charge on any atom is 0.155 e. The van der Waals surface area contributed by atoms with E-state index in [1.165, 1.54) is 0 Å². The van der Waals surface area contributed by atoms with E-state index in [4.69, 9.17) is 0 Å². The van der Waals surface area contributed by atoms with Gasteiger partial charge in [-0.3, -0.25) is 0 Å². The molecule has 1 N–H and O–H groups in total. The lowest BCUT2D eigenvalue weighted by Gasteiger charge is -2.13. The second-order valence-corrected chi connectivity index (χ2v) is 6.08. The van der Waals surface area contributed by atoms with Crippen molar-refractivity contribution in [1.82, 2.24) is 19.9 Å². The van der Waals surface area contributed by atoms with E-state index in [-0.39, 0.29) is 5.41 Å². The zero-order valence-electron chi connectivity index (χ0n) is 11.9.